The lowest BCUT2D eigenvalue weighted by Crippen LogP contribution is -2.43. The maximum Gasteiger partial charge on any atom is 0.191 e. The molecule has 0 saturated carbocycles. The van der Waals surface area contributed by atoms with Crippen LogP contribution in [0.15, 0.2) is 45.3 Å². The molecule has 4 rings (SSSR count). The lowest BCUT2D eigenvalue weighted by atomic mass is 10.1. The Morgan fingerprint density at radius 3 is 2.86 bits per heavy atom. The van der Waals surface area contributed by atoms with E-state index in [4.69, 9.17) is 23.6 Å². The fraction of sp³-hybridized carbons (Fsp3) is 0.550. The van der Waals surface area contributed by atoms with Crippen LogP contribution in [0.25, 0.3) is 0 Å². The Balaban J connectivity index is 0.00000240. The van der Waals surface area contributed by atoms with Crippen molar-refractivity contribution in [2.24, 2.45) is 4.99 Å². The van der Waals surface area contributed by atoms with Gasteiger partial charge in [-0.1, -0.05) is 6.07 Å². The van der Waals surface area contributed by atoms with E-state index in [1.807, 2.05) is 18.2 Å². The zero-order valence-corrected chi connectivity index (χ0v) is 19.4. The molecule has 2 aliphatic rings. The van der Waals surface area contributed by atoms with E-state index in [9.17, 15) is 0 Å². The van der Waals surface area contributed by atoms with Gasteiger partial charge >= 0.3 is 0 Å². The van der Waals surface area contributed by atoms with Gasteiger partial charge in [-0.3, -0.25) is 0 Å². The van der Waals surface area contributed by atoms with Gasteiger partial charge < -0.3 is 29.3 Å². The SMILES string of the molecule is I.c1coc(CCNC(=NCc2cccs2)NCC2COC3(CCOCC3)O2)c1. The molecule has 0 radical (unpaired) electrons. The molecule has 2 aromatic rings. The largest absolute Gasteiger partial charge is 0.469 e. The lowest BCUT2D eigenvalue weighted by molar-refractivity contribution is -0.210. The van der Waals surface area contributed by atoms with Crippen LogP contribution < -0.4 is 10.6 Å². The van der Waals surface area contributed by atoms with Crippen LogP contribution >= 0.6 is 35.3 Å². The van der Waals surface area contributed by atoms with Gasteiger partial charge in [-0.15, -0.1) is 35.3 Å². The van der Waals surface area contributed by atoms with E-state index in [0.717, 1.165) is 37.5 Å². The number of hydrogen-bond donors (Lipinski definition) is 2. The highest BCUT2D eigenvalue weighted by Gasteiger charge is 2.42. The van der Waals surface area contributed by atoms with Gasteiger partial charge in [0, 0.05) is 37.2 Å². The summed E-state index contributed by atoms with van der Waals surface area (Å²) >= 11 is 1.71. The summed E-state index contributed by atoms with van der Waals surface area (Å²) in [5.74, 6) is 1.28. The molecular formula is C20H28IN3O4S. The van der Waals surface area contributed by atoms with Gasteiger partial charge in [-0.2, -0.15) is 0 Å². The minimum Gasteiger partial charge on any atom is -0.469 e. The minimum absolute atomic E-state index is 0. The molecule has 1 spiro atoms. The Morgan fingerprint density at radius 2 is 2.10 bits per heavy atom. The number of halogens is 1. The molecule has 2 N–H and O–H groups in total. The molecule has 160 valence electrons. The third-order valence-corrected chi connectivity index (χ3v) is 5.74. The first kappa shape index (κ1) is 22.5. The highest BCUT2D eigenvalue weighted by atomic mass is 127. The third kappa shape index (κ3) is 6.68. The summed E-state index contributed by atoms with van der Waals surface area (Å²) in [4.78, 5) is 5.94. The Hall–Kier alpha value is -1.14. The fourth-order valence-corrected chi connectivity index (χ4v) is 3.99. The molecule has 9 heteroatoms. The van der Waals surface area contributed by atoms with E-state index < -0.39 is 5.79 Å². The number of nitrogens with one attached hydrogen (secondary N) is 2. The van der Waals surface area contributed by atoms with E-state index in [2.05, 4.69) is 22.1 Å². The second kappa shape index (κ2) is 11.3. The van der Waals surface area contributed by atoms with Crippen molar-refractivity contribution < 1.29 is 18.6 Å². The Morgan fingerprint density at radius 1 is 1.21 bits per heavy atom. The standard InChI is InChI=1S/C20H27N3O4S.HI/c1-3-16(25-9-1)5-8-21-19(23-14-18-4-2-12-28-18)22-13-17-15-26-20(27-17)6-10-24-11-7-20;/h1-4,9,12,17H,5-8,10-11,13-15H2,(H2,21,22,23);1H. The van der Waals surface area contributed by atoms with Gasteiger partial charge in [0.15, 0.2) is 11.7 Å². The normalized spacial score (nSPS) is 21.1. The lowest BCUT2D eigenvalue weighted by Gasteiger charge is -2.31. The van der Waals surface area contributed by atoms with Crippen molar-refractivity contribution in [1.82, 2.24) is 10.6 Å². The van der Waals surface area contributed by atoms with Gasteiger partial charge in [0.25, 0.3) is 0 Å². The van der Waals surface area contributed by atoms with Crippen molar-refractivity contribution in [1.29, 1.82) is 0 Å². The van der Waals surface area contributed by atoms with Crippen molar-refractivity contribution in [3.8, 4) is 0 Å². The first-order valence-corrected chi connectivity index (χ1v) is 10.7. The predicted octanol–water partition coefficient (Wildman–Crippen LogP) is 3.16. The summed E-state index contributed by atoms with van der Waals surface area (Å²) in [5.41, 5.74) is 0. The number of aliphatic imine (C=N–C) groups is 1. The molecule has 1 unspecified atom stereocenters. The number of hydrogen-bond acceptors (Lipinski definition) is 6. The molecule has 0 aliphatic carbocycles. The summed E-state index contributed by atoms with van der Waals surface area (Å²) in [5, 5.41) is 8.85. The number of guanidine groups is 1. The Kier molecular flexibility index (Phi) is 8.79. The summed E-state index contributed by atoms with van der Waals surface area (Å²) in [6.07, 6.45) is 4.10. The fourth-order valence-electron chi connectivity index (χ4n) is 3.37. The number of rotatable bonds is 7. The minimum atomic E-state index is -0.453. The van der Waals surface area contributed by atoms with Crippen LogP contribution in [0.4, 0.5) is 0 Å². The first-order chi connectivity index (χ1) is 13.8. The van der Waals surface area contributed by atoms with Crippen molar-refractivity contribution in [3.63, 3.8) is 0 Å². The van der Waals surface area contributed by atoms with Crippen molar-refractivity contribution in [3.05, 3.63) is 46.5 Å². The third-order valence-electron chi connectivity index (χ3n) is 4.88. The van der Waals surface area contributed by atoms with Crippen LogP contribution in [0.5, 0.6) is 0 Å². The van der Waals surface area contributed by atoms with Gasteiger partial charge in [-0.25, -0.2) is 4.99 Å². The summed E-state index contributed by atoms with van der Waals surface area (Å²) in [7, 11) is 0. The van der Waals surface area contributed by atoms with Gasteiger partial charge in [0.1, 0.15) is 11.9 Å². The zero-order valence-electron chi connectivity index (χ0n) is 16.3. The molecule has 29 heavy (non-hydrogen) atoms. The molecule has 0 aromatic carbocycles. The maximum atomic E-state index is 6.19. The number of thiophene rings is 1. The van der Waals surface area contributed by atoms with E-state index >= 15 is 0 Å². The molecule has 1 atom stereocenters. The van der Waals surface area contributed by atoms with E-state index in [1.165, 1.54) is 4.88 Å². The molecule has 2 aliphatic heterocycles. The van der Waals surface area contributed by atoms with E-state index in [1.54, 1.807) is 17.6 Å². The van der Waals surface area contributed by atoms with Gasteiger partial charge in [0.05, 0.1) is 32.6 Å². The van der Waals surface area contributed by atoms with Crippen LogP contribution in [0.3, 0.4) is 0 Å². The first-order valence-electron chi connectivity index (χ1n) is 9.78. The van der Waals surface area contributed by atoms with Gasteiger partial charge in [-0.05, 0) is 23.6 Å². The smallest absolute Gasteiger partial charge is 0.191 e. The summed E-state index contributed by atoms with van der Waals surface area (Å²) in [6, 6.07) is 8.03. The topological polar surface area (TPSA) is 77.3 Å². The summed E-state index contributed by atoms with van der Waals surface area (Å²) in [6.45, 7) is 4.03. The zero-order chi connectivity index (χ0) is 19.1. The van der Waals surface area contributed by atoms with Crippen molar-refractivity contribution >= 4 is 41.3 Å². The molecule has 0 amide bonds. The summed E-state index contributed by atoms with van der Waals surface area (Å²) < 4.78 is 23.0. The van der Waals surface area contributed by atoms with Crippen molar-refractivity contribution in [2.75, 3.05) is 32.9 Å². The monoisotopic (exact) mass is 533 g/mol. The van der Waals surface area contributed by atoms with E-state index in [-0.39, 0.29) is 30.1 Å². The average molecular weight is 533 g/mol. The van der Waals surface area contributed by atoms with Crippen molar-refractivity contribution in [2.45, 2.75) is 37.7 Å². The highest BCUT2D eigenvalue weighted by Crippen LogP contribution is 2.32. The highest BCUT2D eigenvalue weighted by molar-refractivity contribution is 14.0. The van der Waals surface area contributed by atoms with Crippen LogP contribution in [-0.4, -0.2) is 50.8 Å². The van der Waals surface area contributed by atoms with Crippen LogP contribution in [-0.2, 0) is 27.2 Å². The second-order valence-corrected chi connectivity index (χ2v) is 7.99. The molecule has 7 nitrogen and oxygen atoms in total. The molecule has 2 saturated heterocycles. The van der Waals surface area contributed by atoms with Crippen LogP contribution in [0, 0.1) is 0 Å². The molecule has 2 fully saturated rings. The van der Waals surface area contributed by atoms with Crippen LogP contribution in [0.2, 0.25) is 0 Å². The second-order valence-electron chi connectivity index (χ2n) is 6.96. The molecular weight excluding hydrogens is 505 g/mol. The predicted molar refractivity (Wildman–Crippen MR) is 123 cm³/mol. The quantitative estimate of drug-likeness (QED) is 0.324. The number of nitrogens with zero attached hydrogens (tertiary/aromatic N) is 1. The van der Waals surface area contributed by atoms with E-state index in [0.29, 0.717) is 32.9 Å². The number of furan rings is 1. The average Bonchev–Trinajstić information content (AvgIpc) is 3.47. The van der Waals surface area contributed by atoms with Crippen LogP contribution in [0.1, 0.15) is 23.5 Å². The number of ether oxygens (including phenoxy) is 3. The Labute approximate surface area is 192 Å². The molecule has 2 aromatic heterocycles. The van der Waals surface area contributed by atoms with Gasteiger partial charge in [0.2, 0.25) is 0 Å². The molecule has 4 heterocycles. The maximum absolute atomic E-state index is 6.19. The molecule has 0 bridgehead atoms. The Bertz CT molecular complexity index is 733.